The second-order valence-corrected chi connectivity index (χ2v) is 5.23. The number of carbonyl (C=O) groups is 2. The van der Waals surface area contributed by atoms with Crippen LogP contribution < -0.4 is 10.1 Å². The molecule has 0 aliphatic rings. The van der Waals surface area contributed by atoms with Crippen LogP contribution in [0.25, 0.3) is 0 Å². The van der Waals surface area contributed by atoms with Gasteiger partial charge in [0.25, 0.3) is 5.91 Å². The number of nitrogens with zero attached hydrogens (tertiary/aromatic N) is 2. The van der Waals surface area contributed by atoms with Crippen LogP contribution in [0.5, 0.6) is 5.75 Å². The number of alkyl halides is 3. The maximum atomic E-state index is 12.4. The predicted octanol–water partition coefficient (Wildman–Crippen LogP) is 2.09. The van der Waals surface area contributed by atoms with Gasteiger partial charge in [-0.1, -0.05) is 11.2 Å². The van der Waals surface area contributed by atoms with Gasteiger partial charge in [-0.05, 0) is 18.2 Å². The average molecular weight is 373 g/mol. The van der Waals surface area contributed by atoms with Gasteiger partial charge in [-0.25, -0.2) is 4.79 Å². The molecule has 1 unspecified atom stereocenters. The Morgan fingerprint density at radius 2 is 2.12 bits per heavy atom. The van der Waals surface area contributed by atoms with Gasteiger partial charge in [0, 0.05) is 12.5 Å². The number of amides is 1. The number of carboxylic acids is 1. The van der Waals surface area contributed by atoms with E-state index in [9.17, 15) is 22.8 Å². The second-order valence-electron chi connectivity index (χ2n) is 5.23. The lowest BCUT2D eigenvalue weighted by Crippen LogP contribution is -2.43. The van der Waals surface area contributed by atoms with Gasteiger partial charge in [-0.3, -0.25) is 4.79 Å². The monoisotopic (exact) mass is 373 g/mol. The van der Waals surface area contributed by atoms with Crippen molar-refractivity contribution in [2.45, 2.75) is 32.2 Å². The first-order valence-electron chi connectivity index (χ1n) is 7.26. The molecule has 1 atom stereocenters. The molecule has 0 fully saturated rings. The first kappa shape index (κ1) is 19.2. The van der Waals surface area contributed by atoms with E-state index in [1.165, 1.54) is 24.3 Å². The fourth-order valence-corrected chi connectivity index (χ4v) is 1.95. The summed E-state index contributed by atoms with van der Waals surface area (Å²) in [6, 6.07) is 3.43. The smallest absolute Gasteiger partial charge is 0.391 e. The van der Waals surface area contributed by atoms with Gasteiger partial charge in [-0.2, -0.15) is 18.2 Å². The Kier molecular flexibility index (Phi) is 5.80. The molecule has 1 aromatic heterocycles. The first-order valence-corrected chi connectivity index (χ1v) is 7.26. The highest BCUT2D eigenvalue weighted by atomic mass is 19.4. The topological polar surface area (TPSA) is 115 Å². The maximum Gasteiger partial charge on any atom is 0.391 e. The van der Waals surface area contributed by atoms with Crippen molar-refractivity contribution in [1.29, 1.82) is 0 Å². The van der Waals surface area contributed by atoms with Crippen LogP contribution >= 0.6 is 0 Å². The second kappa shape index (κ2) is 7.85. The molecule has 0 saturated carbocycles. The molecule has 2 aromatic rings. The number of rotatable bonds is 7. The molecule has 0 aliphatic carbocycles. The molecule has 2 N–H and O–H groups in total. The summed E-state index contributed by atoms with van der Waals surface area (Å²) >= 11 is 0. The van der Waals surface area contributed by atoms with E-state index in [4.69, 9.17) is 14.4 Å². The number of hydrogen-bond acceptors (Lipinski definition) is 6. The van der Waals surface area contributed by atoms with Crippen molar-refractivity contribution in [3.05, 3.63) is 41.5 Å². The molecule has 1 aromatic carbocycles. The summed E-state index contributed by atoms with van der Waals surface area (Å²) in [6.07, 6.45) is -6.41. The molecule has 140 valence electrons. The molecule has 0 saturated heterocycles. The number of carbonyl (C=O) groups excluding carboxylic acids is 1. The van der Waals surface area contributed by atoms with Crippen LogP contribution in [-0.2, 0) is 11.4 Å². The van der Waals surface area contributed by atoms with Gasteiger partial charge in [-0.15, -0.1) is 0 Å². The summed E-state index contributed by atoms with van der Waals surface area (Å²) in [6.45, 7) is 1.55. The third kappa shape index (κ3) is 5.76. The molecule has 2 rings (SSSR count). The van der Waals surface area contributed by atoms with Crippen LogP contribution in [0.3, 0.4) is 0 Å². The van der Waals surface area contributed by atoms with E-state index < -0.39 is 30.5 Å². The van der Waals surface area contributed by atoms with Crippen molar-refractivity contribution in [3.8, 4) is 5.75 Å². The van der Waals surface area contributed by atoms with E-state index in [0.29, 0.717) is 5.89 Å². The van der Waals surface area contributed by atoms with E-state index in [2.05, 4.69) is 10.1 Å². The molecular formula is C15H14F3N3O5. The number of hydrogen-bond donors (Lipinski definition) is 2. The molecule has 0 radical (unpaired) electrons. The minimum absolute atomic E-state index is 0.0474. The summed E-state index contributed by atoms with van der Waals surface area (Å²) < 4.78 is 47.3. The molecule has 11 heteroatoms. The fraction of sp³-hybridized carbons (Fsp3) is 0.333. The Morgan fingerprint density at radius 1 is 1.38 bits per heavy atom. The number of aromatic nitrogens is 2. The first-order chi connectivity index (χ1) is 12.1. The number of aryl methyl sites for hydroxylation is 1. The minimum atomic E-state index is -4.73. The quantitative estimate of drug-likeness (QED) is 0.764. The zero-order valence-electron chi connectivity index (χ0n) is 13.4. The van der Waals surface area contributed by atoms with Crippen LogP contribution in [0.1, 0.15) is 28.5 Å². The molecule has 1 amide bonds. The van der Waals surface area contributed by atoms with Gasteiger partial charge in [0.15, 0.2) is 6.61 Å². The third-order valence-corrected chi connectivity index (χ3v) is 3.07. The van der Waals surface area contributed by atoms with Gasteiger partial charge in [0.2, 0.25) is 11.7 Å². The lowest BCUT2D eigenvalue weighted by molar-refractivity contribution is -0.157. The van der Waals surface area contributed by atoms with Crippen molar-refractivity contribution >= 4 is 11.9 Å². The number of halogens is 3. The third-order valence-electron chi connectivity index (χ3n) is 3.07. The highest BCUT2D eigenvalue weighted by molar-refractivity contribution is 5.96. The zero-order chi connectivity index (χ0) is 19.3. The van der Waals surface area contributed by atoms with Crippen LogP contribution in [0.4, 0.5) is 13.2 Å². The maximum absolute atomic E-state index is 12.4. The lowest BCUT2D eigenvalue weighted by atomic mass is 10.1. The van der Waals surface area contributed by atoms with Crippen LogP contribution in [0, 0.1) is 6.92 Å². The Morgan fingerprint density at radius 3 is 2.69 bits per heavy atom. The standard InChI is InChI=1S/C15H14F3N3O5/c1-8-19-12(21-26-8)7-25-10-4-2-3-9(5-10)13(22)20-11(14(23)24)6-15(16,17)18/h2-5,11H,6-7H2,1H3,(H,20,22)(H,23,24). The van der Waals surface area contributed by atoms with Crippen LogP contribution in [-0.4, -0.2) is 39.3 Å². The highest BCUT2D eigenvalue weighted by Gasteiger charge is 2.36. The number of aliphatic carboxylic acids is 1. The van der Waals surface area contributed by atoms with E-state index in [-0.39, 0.29) is 23.7 Å². The van der Waals surface area contributed by atoms with Gasteiger partial charge < -0.3 is 19.7 Å². The number of ether oxygens (including phenoxy) is 1. The van der Waals surface area contributed by atoms with E-state index in [0.717, 1.165) is 0 Å². The van der Waals surface area contributed by atoms with E-state index >= 15 is 0 Å². The van der Waals surface area contributed by atoms with Crippen LogP contribution in [0.15, 0.2) is 28.8 Å². The lowest BCUT2D eigenvalue weighted by Gasteiger charge is -2.16. The Hall–Kier alpha value is -3.11. The number of nitrogens with one attached hydrogen (secondary N) is 1. The van der Waals surface area contributed by atoms with E-state index in [1.54, 1.807) is 6.92 Å². The summed E-state index contributed by atoms with van der Waals surface area (Å²) in [5.74, 6) is -1.91. The average Bonchev–Trinajstić information content (AvgIpc) is 2.96. The van der Waals surface area contributed by atoms with Crippen molar-refractivity contribution < 1.29 is 37.1 Å². The normalized spacial score (nSPS) is 12.5. The number of carboxylic acid groups (broad SMARTS) is 1. The molecule has 8 nitrogen and oxygen atoms in total. The molecule has 0 aliphatic heterocycles. The van der Waals surface area contributed by atoms with E-state index in [1.807, 2.05) is 5.32 Å². The van der Waals surface area contributed by atoms with Gasteiger partial charge in [0.1, 0.15) is 11.8 Å². The zero-order valence-corrected chi connectivity index (χ0v) is 13.4. The Bertz CT molecular complexity index is 791. The summed E-state index contributed by atoms with van der Waals surface area (Å²) in [5.41, 5.74) is -0.0554. The van der Waals surface area contributed by atoms with Gasteiger partial charge >= 0.3 is 12.1 Å². The molecule has 26 heavy (non-hydrogen) atoms. The largest absolute Gasteiger partial charge is 0.485 e. The fourth-order valence-electron chi connectivity index (χ4n) is 1.95. The van der Waals surface area contributed by atoms with Crippen molar-refractivity contribution in [3.63, 3.8) is 0 Å². The Labute approximate surface area is 145 Å². The van der Waals surface area contributed by atoms with Crippen molar-refractivity contribution in [1.82, 2.24) is 15.5 Å². The highest BCUT2D eigenvalue weighted by Crippen LogP contribution is 2.22. The van der Waals surface area contributed by atoms with Crippen molar-refractivity contribution in [2.24, 2.45) is 0 Å². The minimum Gasteiger partial charge on any atom is -0.485 e. The summed E-state index contributed by atoms with van der Waals surface area (Å²) in [5, 5.41) is 14.3. The number of benzene rings is 1. The van der Waals surface area contributed by atoms with Crippen molar-refractivity contribution in [2.75, 3.05) is 0 Å². The SMILES string of the molecule is Cc1nc(COc2cccc(C(=O)NC(CC(F)(F)F)C(=O)O)c2)no1. The predicted molar refractivity (Wildman–Crippen MR) is 79.4 cm³/mol. The summed E-state index contributed by atoms with van der Waals surface area (Å²) in [4.78, 5) is 26.9. The van der Waals surface area contributed by atoms with Crippen LogP contribution in [0.2, 0.25) is 0 Å². The molecule has 1 heterocycles. The molecular weight excluding hydrogens is 359 g/mol. The Balaban J connectivity index is 2.03. The van der Waals surface area contributed by atoms with Gasteiger partial charge in [0.05, 0.1) is 6.42 Å². The summed E-state index contributed by atoms with van der Waals surface area (Å²) in [7, 11) is 0. The molecule has 0 spiro atoms. The molecule has 0 bridgehead atoms.